The number of nitrogens with one attached hydrogen (secondary N) is 1. The fourth-order valence-corrected chi connectivity index (χ4v) is 3.82. The highest BCUT2D eigenvalue weighted by molar-refractivity contribution is 5.79. The fraction of sp³-hybridized carbons (Fsp3) is 0.167. The zero-order chi connectivity index (χ0) is 20.7. The van der Waals surface area contributed by atoms with Gasteiger partial charge in [-0.2, -0.15) is 0 Å². The van der Waals surface area contributed by atoms with Gasteiger partial charge in [0.15, 0.2) is 0 Å². The number of imidazole rings is 1. The van der Waals surface area contributed by atoms with Gasteiger partial charge >= 0.3 is 5.69 Å². The minimum atomic E-state index is -0.868. The zero-order valence-electron chi connectivity index (χ0n) is 16.4. The molecule has 2 aromatic heterocycles. The Hall–Kier alpha value is -3.64. The lowest BCUT2D eigenvalue weighted by atomic mass is 10.1. The van der Waals surface area contributed by atoms with E-state index in [1.165, 1.54) is 24.5 Å². The van der Waals surface area contributed by atoms with Crippen molar-refractivity contribution in [2.45, 2.75) is 25.0 Å². The Morgan fingerprint density at radius 2 is 1.83 bits per heavy atom. The van der Waals surface area contributed by atoms with Gasteiger partial charge in [0.05, 0.1) is 28.6 Å². The van der Waals surface area contributed by atoms with E-state index in [2.05, 4.69) is 29.0 Å². The van der Waals surface area contributed by atoms with Crippen LogP contribution in [0.25, 0.3) is 22.4 Å². The zero-order valence-corrected chi connectivity index (χ0v) is 16.4. The van der Waals surface area contributed by atoms with Crippen LogP contribution in [0, 0.1) is 0 Å². The number of anilines is 1. The van der Waals surface area contributed by atoms with Gasteiger partial charge in [-0.3, -0.25) is 14.1 Å². The molecule has 1 atom stereocenters. The van der Waals surface area contributed by atoms with Gasteiger partial charge in [-0.25, -0.2) is 4.79 Å². The molecule has 0 amide bonds. The maximum Gasteiger partial charge on any atom is 0.338 e. The van der Waals surface area contributed by atoms with Gasteiger partial charge in [0.2, 0.25) is 0 Å². The topological polar surface area (TPSA) is 72.1 Å². The number of rotatable bonds is 6. The Kier molecular flexibility index (Phi) is 4.48. The Labute approximate surface area is 173 Å². The van der Waals surface area contributed by atoms with E-state index in [-0.39, 0.29) is 5.69 Å². The molecule has 1 unspecified atom stereocenters. The summed E-state index contributed by atoms with van der Waals surface area (Å²) >= 11 is 0. The first-order valence-electron chi connectivity index (χ1n) is 10.0. The highest BCUT2D eigenvalue weighted by Gasteiger charge is 2.23. The van der Waals surface area contributed by atoms with Crippen molar-refractivity contribution in [3.63, 3.8) is 0 Å². The highest BCUT2D eigenvalue weighted by atomic mass is 16.3. The Morgan fingerprint density at radius 1 is 1.07 bits per heavy atom. The summed E-state index contributed by atoms with van der Waals surface area (Å²) in [6.07, 6.45) is 6.42. The molecule has 150 valence electrons. The summed E-state index contributed by atoms with van der Waals surface area (Å²) in [5, 5.41) is 12.7. The summed E-state index contributed by atoms with van der Waals surface area (Å²) in [5.74, 6) is 0.667. The van der Waals surface area contributed by atoms with Crippen LogP contribution >= 0.6 is 0 Å². The van der Waals surface area contributed by atoms with E-state index in [9.17, 15) is 9.90 Å². The molecule has 1 aliphatic carbocycles. The minimum Gasteiger partial charge on any atom is -0.370 e. The molecule has 6 nitrogen and oxygen atoms in total. The number of pyridine rings is 1. The monoisotopic (exact) mass is 398 g/mol. The molecule has 5 rings (SSSR count). The highest BCUT2D eigenvalue weighted by Crippen LogP contribution is 2.40. The van der Waals surface area contributed by atoms with Crippen molar-refractivity contribution in [3.05, 3.63) is 95.7 Å². The van der Waals surface area contributed by atoms with Crippen LogP contribution in [0.3, 0.4) is 0 Å². The lowest BCUT2D eigenvalue weighted by Crippen LogP contribution is -2.22. The molecule has 1 fully saturated rings. The van der Waals surface area contributed by atoms with Gasteiger partial charge in [0.1, 0.15) is 6.23 Å². The molecule has 0 bridgehead atoms. The quantitative estimate of drug-likeness (QED) is 0.381. The molecule has 0 radical (unpaired) electrons. The van der Waals surface area contributed by atoms with E-state index in [1.807, 2.05) is 42.5 Å². The molecule has 30 heavy (non-hydrogen) atoms. The molecule has 1 aliphatic rings. The number of hydrogen-bond acceptors (Lipinski definition) is 4. The van der Waals surface area contributed by atoms with E-state index in [4.69, 9.17) is 0 Å². The number of aliphatic hydroxyl groups excluding tert-OH is 1. The predicted octanol–water partition coefficient (Wildman–Crippen LogP) is 3.97. The largest absolute Gasteiger partial charge is 0.370 e. The second kappa shape index (κ2) is 7.31. The summed E-state index contributed by atoms with van der Waals surface area (Å²) in [7, 11) is 0. The van der Waals surface area contributed by atoms with Crippen LogP contribution < -0.4 is 11.0 Å². The summed E-state index contributed by atoms with van der Waals surface area (Å²) in [6.45, 7) is 3.57. The average Bonchev–Trinajstić information content (AvgIpc) is 3.57. The van der Waals surface area contributed by atoms with Crippen molar-refractivity contribution in [3.8, 4) is 11.4 Å². The van der Waals surface area contributed by atoms with Gasteiger partial charge in [0.25, 0.3) is 0 Å². The molecule has 2 heterocycles. The van der Waals surface area contributed by atoms with Crippen molar-refractivity contribution in [1.82, 2.24) is 14.1 Å². The van der Waals surface area contributed by atoms with Gasteiger partial charge in [-0.15, -0.1) is 0 Å². The van der Waals surface area contributed by atoms with Crippen molar-refractivity contribution in [2.75, 3.05) is 5.32 Å². The summed E-state index contributed by atoms with van der Waals surface area (Å²) in [4.78, 5) is 17.8. The van der Waals surface area contributed by atoms with Crippen LogP contribution in [0.5, 0.6) is 0 Å². The van der Waals surface area contributed by atoms with Crippen LogP contribution in [0.15, 0.2) is 84.4 Å². The minimum absolute atomic E-state index is 0.168. The molecule has 2 N–H and O–H groups in total. The third kappa shape index (κ3) is 3.21. The maximum atomic E-state index is 13.5. The second-order valence-electron chi connectivity index (χ2n) is 7.56. The van der Waals surface area contributed by atoms with Crippen molar-refractivity contribution < 1.29 is 5.11 Å². The number of benzene rings is 2. The van der Waals surface area contributed by atoms with Crippen molar-refractivity contribution in [2.24, 2.45) is 0 Å². The molecule has 0 saturated heterocycles. The SMILES string of the molecule is C=CC(O)Nc1cccc(-n2c(=O)n(-c3ccc(C4CC4)cc3)c3cnccc32)c1. The standard InChI is InChI=1S/C24H22N4O2/c1-2-23(29)26-18-4-3-5-20(14-18)28-21-12-13-25-15-22(21)27(24(28)30)19-10-8-17(9-11-19)16-6-7-16/h2-5,8-16,23,26,29H,1,6-7H2. The first-order chi connectivity index (χ1) is 14.7. The van der Waals surface area contributed by atoms with Gasteiger partial charge < -0.3 is 10.4 Å². The molecule has 4 aromatic rings. The van der Waals surface area contributed by atoms with Gasteiger partial charge in [-0.1, -0.05) is 24.8 Å². The van der Waals surface area contributed by atoms with E-state index in [1.54, 1.807) is 21.5 Å². The van der Waals surface area contributed by atoms with Crippen molar-refractivity contribution in [1.29, 1.82) is 0 Å². The van der Waals surface area contributed by atoms with Crippen LogP contribution in [-0.2, 0) is 0 Å². The van der Waals surface area contributed by atoms with Crippen LogP contribution in [-0.4, -0.2) is 25.5 Å². The van der Waals surface area contributed by atoms with Crippen molar-refractivity contribution >= 4 is 16.7 Å². The smallest absolute Gasteiger partial charge is 0.338 e. The predicted molar refractivity (Wildman–Crippen MR) is 118 cm³/mol. The van der Waals surface area contributed by atoms with Crippen LogP contribution in [0.2, 0.25) is 0 Å². The maximum absolute atomic E-state index is 13.5. The molecule has 0 aliphatic heterocycles. The normalized spacial score (nSPS) is 14.6. The first-order valence-corrected chi connectivity index (χ1v) is 10.0. The van der Waals surface area contributed by atoms with Crippen LogP contribution in [0.4, 0.5) is 5.69 Å². The van der Waals surface area contributed by atoms with Gasteiger partial charge in [0, 0.05) is 11.9 Å². The number of aliphatic hydroxyl groups is 1. The third-order valence-corrected chi connectivity index (χ3v) is 5.48. The summed E-state index contributed by atoms with van der Waals surface area (Å²) in [6, 6.07) is 17.4. The number of aromatic nitrogens is 3. The van der Waals surface area contributed by atoms with Crippen LogP contribution in [0.1, 0.15) is 24.3 Å². The number of nitrogens with zero attached hydrogens (tertiary/aromatic N) is 3. The lowest BCUT2D eigenvalue weighted by molar-refractivity contribution is 0.253. The molecular weight excluding hydrogens is 376 g/mol. The number of fused-ring (bicyclic) bond motifs is 1. The molecule has 0 spiro atoms. The number of hydrogen-bond donors (Lipinski definition) is 2. The van der Waals surface area contributed by atoms with E-state index >= 15 is 0 Å². The fourth-order valence-electron chi connectivity index (χ4n) is 3.82. The Bertz CT molecular complexity index is 1280. The Morgan fingerprint density at radius 3 is 2.57 bits per heavy atom. The lowest BCUT2D eigenvalue weighted by Gasteiger charge is -2.11. The molecular formula is C24H22N4O2. The third-order valence-electron chi connectivity index (χ3n) is 5.48. The van der Waals surface area contributed by atoms with E-state index in [0.717, 1.165) is 16.7 Å². The second-order valence-corrected chi connectivity index (χ2v) is 7.56. The summed E-state index contributed by atoms with van der Waals surface area (Å²) in [5.41, 5.74) is 4.87. The molecule has 1 saturated carbocycles. The Balaban J connectivity index is 1.65. The average molecular weight is 398 g/mol. The molecule has 6 heteroatoms. The molecule has 2 aromatic carbocycles. The van der Waals surface area contributed by atoms with E-state index < -0.39 is 6.23 Å². The summed E-state index contributed by atoms with van der Waals surface area (Å²) < 4.78 is 3.36. The van der Waals surface area contributed by atoms with E-state index in [0.29, 0.717) is 17.3 Å². The van der Waals surface area contributed by atoms with Gasteiger partial charge in [-0.05, 0) is 66.8 Å². The first kappa shape index (κ1) is 18.4.